The number of amides is 1. The third-order valence-corrected chi connectivity index (χ3v) is 6.80. The van der Waals surface area contributed by atoms with Gasteiger partial charge in [-0.3, -0.25) is 9.79 Å². The maximum Gasteiger partial charge on any atom is 0.220 e. The summed E-state index contributed by atoms with van der Waals surface area (Å²) < 4.78 is 13.5. The molecule has 1 aliphatic carbocycles. The van der Waals surface area contributed by atoms with E-state index in [1.807, 2.05) is 12.1 Å². The number of aliphatic imine (C=N–C) groups is 1. The van der Waals surface area contributed by atoms with Crippen LogP contribution in [0.3, 0.4) is 0 Å². The molecule has 0 bridgehead atoms. The molecule has 1 aromatic carbocycles. The van der Waals surface area contributed by atoms with E-state index in [4.69, 9.17) is 4.99 Å². The highest BCUT2D eigenvalue weighted by Crippen LogP contribution is 2.40. The van der Waals surface area contributed by atoms with E-state index in [1.165, 1.54) is 24.8 Å². The molecule has 2 N–H and O–H groups in total. The lowest BCUT2D eigenvalue weighted by Gasteiger charge is -2.38. The number of guanidine groups is 1. The Hall–Kier alpha value is -1.38. The number of benzene rings is 1. The van der Waals surface area contributed by atoms with Crippen molar-refractivity contribution < 1.29 is 9.18 Å². The normalized spacial score (nSPS) is 19.5. The average molecular weight is 544 g/mol. The van der Waals surface area contributed by atoms with Crippen LogP contribution in [0.2, 0.25) is 0 Å². The molecule has 7 heteroatoms. The maximum atomic E-state index is 13.5. The number of rotatable bonds is 6. The number of hydrogen-bond donors (Lipinski definition) is 2. The van der Waals surface area contributed by atoms with Crippen LogP contribution in [-0.4, -0.2) is 50.0 Å². The highest BCUT2D eigenvalue weighted by Gasteiger charge is 2.34. The van der Waals surface area contributed by atoms with Crippen LogP contribution in [0.5, 0.6) is 0 Å². The molecule has 2 aliphatic rings. The Bertz CT molecular complexity index is 711. The van der Waals surface area contributed by atoms with Crippen molar-refractivity contribution in [2.75, 3.05) is 33.2 Å². The van der Waals surface area contributed by atoms with Gasteiger partial charge >= 0.3 is 0 Å². The Labute approximate surface area is 203 Å². The number of nitrogens with one attached hydrogen (secondary N) is 2. The first-order valence-electron chi connectivity index (χ1n) is 11.6. The minimum absolute atomic E-state index is 0. The summed E-state index contributed by atoms with van der Waals surface area (Å²) in [4.78, 5) is 19.1. The summed E-state index contributed by atoms with van der Waals surface area (Å²) in [6, 6.07) is 7.07. The van der Waals surface area contributed by atoms with Crippen molar-refractivity contribution in [3.63, 3.8) is 0 Å². The largest absolute Gasteiger partial charge is 0.359 e. The van der Waals surface area contributed by atoms with Crippen molar-refractivity contribution in [2.45, 2.75) is 63.7 Å². The Balaban J connectivity index is 0.00000341. The molecule has 0 radical (unpaired) electrons. The first kappa shape index (κ1) is 25.9. The third kappa shape index (κ3) is 7.05. The molecule has 0 unspecified atom stereocenters. The smallest absolute Gasteiger partial charge is 0.220 e. The SMILES string of the molecule is CCNC(=NCC1(c2ccc(F)cc2)CCCCC1)N1CCC(CC(=O)NC)CC1.I. The van der Waals surface area contributed by atoms with Crippen LogP contribution in [0, 0.1) is 11.7 Å². The fraction of sp³-hybridized carbons (Fsp3) is 0.667. The summed E-state index contributed by atoms with van der Waals surface area (Å²) in [5.41, 5.74) is 1.22. The summed E-state index contributed by atoms with van der Waals surface area (Å²) >= 11 is 0. The predicted molar refractivity (Wildman–Crippen MR) is 136 cm³/mol. The molecule has 1 saturated carbocycles. The first-order valence-corrected chi connectivity index (χ1v) is 11.6. The van der Waals surface area contributed by atoms with Gasteiger partial charge in [0.05, 0.1) is 6.54 Å². The van der Waals surface area contributed by atoms with E-state index in [0.29, 0.717) is 12.3 Å². The van der Waals surface area contributed by atoms with Gasteiger partial charge in [0.2, 0.25) is 5.91 Å². The second kappa shape index (κ2) is 12.6. The molecule has 1 saturated heterocycles. The van der Waals surface area contributed by atoms with Gasteiger partial charge in [-0.1, -0.05) is 31.4 Å². The van der Waals surface area contributed by atoms with E-state index in [2.05, 4.69) is 22.5 Å². The second-order valence-corrected chi connectivity index (χ2v) is 8.83. The van der Waals surface area contributed by atoms with E-state index in [9.17, 15) is 9.18 Å². The van der Waals surface area contributed by atoms with Crippen LogP contribution in [0.1, 0.15) is 63.9 Å². The molecule has 0 atom stereocenters. The lowest BCUT2D eigenvalue weighted by Crippen LogP contribution is -2.47. The van der Waals surface area contributed by atoms with Gasteiger partial charge in [0.1, 0.15) is 5.82 Å². The molecule has 3 rings (SSSR count). The number of carbonyl (C=O) groups excluding carboxylic acids is 1. The van der Waals surface area contributed by atoms with Crippen molar-refractivity contribution in [3.8, 4) is 0 Å². The van der Waals surface area contributed by atoms with Gasteiger partial charge < -0.3 is 15.5 Å². The van der Waals surface area contributed by atoms with Crippen LogP contribution in [0.15, 0.2) is 29.3 Å². The minimum Gasteiger partial charge on any atom is -0.359 e. The Morgan fingerprint density at radius 1 is 1.16 bits per heavy atom. The first-order chi connectivity index (χ1) is 14.6. The van der Waals surface area contributed by atoms with Crippen LogP contribution in [0.25, 0.3) is 0 Å². The maximum absolute atomic E-state index is 13.5. The van der Waals surface area contributed by atoms with E-state index in [-0.39, 0.29) is 41.1 Å². The van der Waals surface area contributed by atoms with Crippen LogP contribution < -0.4 is 10.6 Å². The molecule has 31 heavy (non-hydrogen) atoms. The summed E-state index contributed by atoms with van der Waals surface area (Å²) in [5, 5.41) is 6.21. The van der Waals surface area contributed by atoms with Crippen LogP contribution >= 0.6 is 24.0 Å². The highest BCUT2D eigenvalue weighted by molar-refractivity contribution is 14.0. The van der Waals surface area contributed by atoms with Gasteiger partial charge in [0.15, 0.2) is 5.96 Å². The lowest BCUT2D eigenvalue weighted by atomic mass is 9.69. The lowest BCUT2D eigenvalue weighted by molar-refractivity contribution is -0.121. The standard InChI is InChI=1S/C24H37FN4O.HI/c1-3-27-23(29-15-11-19(12-16-29)17-22(30)26-2)28-18-24(13-5-4-6-14-24)20-7-9-21(25)10-8-20;/h7-10,19H,3-6,11-18H2,1-2H3,(H,26,30)(H,27,28);1H. The van der Waals surface area contributed by atoms with Crippen molar-refractivity contribution in [1.29, 1.82) is 0 Å². The van der Waals surface area contributed by atoms with Gasteiger partial charge in [-0.15, -0.1) is 24.0 Å². The molecule has 0 spiro atoms. The molecule has 0 aromatic heterocycles. The van der Waals surface area contributed by atoms with E-state index < -0.39 is 0 Å². The van der Waals surface area contributed by atoms with Crippen molar-refractivity contribution in [3.05, 3.63) is 35.6 Å². The molecule has 5 nitrogen and oxygen atoms in total. The number of piperidine rings is 1. The van der Waals surface area contributed by atoms with Gasteiger partial charge in [-0.05, 0) is 56.2 Å². The number of hydrogen-bond acceptors (Lipinski definition) is 2. The van der Waals surface area contributed by atoms with Crippen LogP contribution in [-0.2, 0) is 10.2 Å². The number of halogens is 2. The van der Waals surface area contributed by atoms with E-state index >= 15 is 0 Å². The molecule has 2 fully saturated rings. The average Bonchev–Trinajstić information content (AvgIpc) is 2.78. The monoisotopic (exact) mass is 544 g/mol. The Morgan fingerprint density at radius 2 is 1.81 bits per heavy atom. The molecule has 1 aromatic rings. The summed E-state index contributed by atoms with van der Waals surface area (Å²) in [5.74, 6) is 1.38. The third-order valence-electron chi connectivity index (χ3n) is 6.80. The van der Waals surface area contributed by atoms with E-state index in [1.54, 1.807) is 19.2 Å². The Morgan fingerprint density at radius 3 is 2.39 bits per heavy atom. The second-order valence-electron chi connectivity index (χ2n) is 8.83. The fourth-order valence-corrected chi connectivity index (χ4v) is 4.94. The molecule has 174 valence electrons. The molecule has 1 heterocycles. The zero-order valence-corrected chi connectivity index (χ0v) is 21.3. The molecule has 1 amide bonds. The van der Waals surface area contributed by atoms with Crippen molar-refractivity contribution in [1.82, 2.24) is 15.5 Å². The zero-order chi connectivity index (χ0) is 21.4. The number of carbonyl (C=O) groups is 1. The molecule has 1 aliphatic heterocycles. The number of likely N-dealkylation sites (tertiary alicyclic amines) is 1. The van der Waals surface area contributed by atoms with Gasteiger partial charge in [-0.2, -0.15) is 0 Å². The predicted octanol–water partition coefficient (Wildman–Crippen LogP) is 4.46. The topological polar surface area (TPSA) is 56.7 Å². The highest BCUT2D eigenvalue weighted by atomic mass is 127. The Kier molecular flexibility index (Phi) is 10.5. The van der Waals surface area contributed by atoms with Crippen molar-refractivity contribution in [2.24, 2.45) is 10.9 Å². The van der Waals surface area contributed by atoms with Gasteiger partial charge in [0, 0.05) is 38.5 Å². The zero-order valence-electron chi connectivity index (χ0n) is 19.0. The van der Waals surface area contributed by atoms with E-state index in [0.717, 1.165) is 57.8 Å². The molecular weight excluding hydrogens is 506 g/mol. The number of nitrogens with zero attached hydrogens (tertiary/aromatic N) is 2. The van der Waals surface area contributed by atoms with Gasteiger partial charge in [-0.25, -0.2) is 4.39 Å². The quantitative estimate of drug-likeness (QED) is 0.316. The van der Waals surface area contributed by atoms with Crippen LogP contribution in [0.4, 0.5) is 4.39 Å². The fourth-order valence-electron chi connectivity index (χ4n) is 4.94. The summed E-state index contributed by atoms with van der Waals surface area (Å²) in [6.07, 6.45) is 8.54. The summed E-state index contributed by atoms with van der Waals surface area (Å²) in [7, 11) is 1.70. The minimum atomic E-state index is -0.179. The van der Waals surface area contributed by atoms with Gasteiger partial charge in [0.25, 0.3) is 0 Å². The summed E-state index contributed by atoms with van der Waals surface area (Å²) in [6.45, 7) is 5.53. The molecular formula is C24H38FIN4O. The van der Waals surface area contributed by atoms with Crippen molar-refractivity contribution >= 4 is 35.8 Å².